The van der Waals surface area contributed by atoms with E-state index in [-0.39, 0.29) is 0 Å². The number of methoxy groups -OCH3 is 1. The van der Waals surface area contributed by atoms with Crippen molar-refractivity contribution in [1.82, 2.24) is 0 Å². The number of aryl methyl sites for hydroxylation is 1. The minimum atomic E-state index is 0.912. The van der Waals surface area contributed by atoms with E-state index in [1.54, 1.807) is 7.11 Å². The molecule has 1 heterocycles. The fourth-order valence-electron chi connectivity index (χ4n) is 3.48. The Bertz CT molecular complexity index is 865. The van der Waals surface area contributed by atoms with Crippen molar-refractivity contribution in [3.8, 4) is 16.9 Å². The van der Waals surface area contributed by atoms with Crippen LogP contribution in [0.3, 0.4) is 0 Å². The molecule has 0 spiro atoms. The average Bonchev–Trinajstić information content (AvgIpc) is 2.61. The molecule has 0 aromatic heterocycles. The van der Waals surface area contributed by atoms with Gasteiger partial charge in [0.25, 0.3) is 0 Å². The second-order valence-corrected chi connectivity index (χ2v) is 6.26. The lowest BCUT2D eigenvalue weighted by molar-refractivity contribution is 0.415. The number of nitrogens with one attached hydrogen (secondary N) is 1. The predicted octanol–water partition coefficient (Wildman–Crippen LogP) is 5.18. The van der Waals surface area contributed by atoms with Gasteiger partial charge in [0, 0.05) is 17.6 Å². The molecule has 4 rings (SSSR count). The Morgan fingerprint density at radius 1 is 1.00 bits per heavy atom. The maximum absolute atomic E-state index is 5.41. The summed E-state index contributed by atoms with van der Waals surface area (Å²) in [7, 11) is 1.72. The van der Waals surface area contributed by atoms with Crippen LogP contribution in [0, 0.1) is 6.92 Å². The predicted molar refractivity (Wildman–Crippen MR) is 97.5 cm³/mol. The third kappa shape index (κ3) is 2.44. The first-order chi connectivity index (χ1) is 11.3. The van der Waals surface area contributed by atoms with Crippen molar-refractivity contribution in [1.29, 1.82) is 0 Å². The minimum absolute atomic E-state index is 0.912. The molecule has 0 amide bonds. The van der Waals surface area contributed by atoms with Crippen LogP contribution in [0.5, 0.6) is 5.75 Å². The molecule has 0 unspecified atom stereocenters. The van der Waals surface area contributed by atoms with E-state index >= 15 is 0 Å². The summed E-state index contributed by atoms with van der Waals surface area (Å²) in [6.45, 7) is 3.17. The van der Waals surface area contributed by atoms with Gasteiger partial charge in [0.15, 0.2) is 0 Å². The fourth-order valence-corrected chi connectivity index (χ4v) is 3.48. The van der Waals surface area contributed by atoms with E-state index in [1.165, 1.54) is 45.1 Å². The average molecular weight is 303 g/mol. The van der Waals surface area contributed by atoms with Gasteiger partial charge >= 0.3 is 0 Å². The van der Waals surface area contributed by atoms with Crippen LogP contribution >= 0.6 is 0 Å². The zero-order valence-electron chi connectivity index (χ0n) is 13.6. The Kier molecular flexibility index (Phi) is 3.45. The lowest BCUT2D eigenvalue weighted by atomic mass is 9.89. The topological polar surface area (TPSA) is 21.3 Å². The molecule has 3 aromatic carbocycles. The van der Waals surface area contributed by atoms with Crippen LogP contribution < -0.4 is 10.1 Å². The van der Waals surface area contributed by atoms with Gasteiger partial charge in [-0.3, -0.25) is 0 Å². The summed E-state index contributed by atoms with van der Waals surface area (Å²) in [5.41, 5.74) is 6.66. The quantitative estimate of drug-likeness (QED) is 0.704. The van der Waals surface area contributed by atoms with Gasteiger partial charge in [-0.2, -0.15) is 0 Å². The van der Waals surface area contributed by atoms with Crippen molar-refractivity contribution >= 4 is 16.5 Å². The molecule has 0 aliphatic carbocycles. The van der Waals surface area contributed by atoms with Gasteiger partial charge in [-0.25, -0.2) is 0 Å². The van der Waals surface area contributed by atoms with Crippen LogP contribution in [0.4, 0.5) is 5.69 Å². The van der Waals surface area contributed by atoms with E-state index in [1.807, 2.05) is 6.07 Å². The molecule has 1 N–H and O–H groups in total. The van der Waals surface area contributed by atoms with Crippen LogP contribution in [0.25, 0.3) is 21.9 Å². The molecule has 116 valence electrons. The number of hydrogen-bond acceptors (Lipinski definition) is 2. The van der Waals surface area contributed by atoms with Gasteiger partial charge in [-0.15, -0.1) is 0 Å². The second kappa shape index (κ2) is 5.62. The number of anilines is 1. The first-order valence-electron chi connectivity index (χ1n) is 8.21. The van der Waals surface area contributed by atoms with Crippen molar-refractivity contribution in [2.75, 3.05) is 19.0 Å². The van der Waals surface area contributed by atoms with Crippen LogP contribution in [0.15, 0.2) is 48.5 Å². The van der Waals surface area contributed by atoms with Crippen molar-refractivity contribution in [2.45, 2.75) is 19.8 Å². The van der Waals surface area contributed by atoms with E-state index in [9.17, 15) is 0 Å². The molecule has 0 atom stereocenters. The van der Waals surface area contributed by atoms with Gasteiger partial charge in [0.2, 0.25) is 0 Å². The highest BCUT2D eigenvalue weighted by Gasteiger charge is 2.18. The molecule has 23 heavy (non-hydrogen) atoms. The Morgan fingerprint density at radius 2 is 1.83 bits per heavy atom. The smallest absolute Gasteiger partial charge is 0.119 e. The van der Waals surface area contributed by atoms with Gasteiger partial charge in [-0.05, 0) is 60.0 Å². The normalized spacial score (nSPS) is 13.5. The fraction of sp³-hybridized carbons (Fsp3) is 0.238. The first-order valence-corrected chi connectivity index (χ1v) is 8.21. The third-order valence-corrected chi connectivity index (χ3v) is 4.72. The van der Waals surface area contributed by atoms with E-state index in [2.05, 4.69) is 54.7 Å². The number of rotatable bonds is 2. The zero-order chi connectivity index (χ0) is 15.8. The number of benzene rings is 3. The van der Waals surface area contributed by atoms with Crippen molar-refractivity contribution in [3.63, 3.8) is 0 Å². The SMILES string of the molecule is COc1ccc2cc(-c3ccc(C)cc3)c3c(c2c1)NCCC3. The van der Waals surface area contributed by atoms with E-state index in [4.69, 9.17) is 4.74 Å². The molecule has 3 aromatic rings. The first kappa shape index (κ1) is 14.1. The van der Waals surface area contributed by atoms with Crippen LogP contribution in [-0.4, -0.2) is 13.7 Å². The van der Waals surface area contributed by atoms with Gasteiger partial charge in [0.1, 0.15) is 5.75 Å². The van der Waals surface area contributed by atoms with Gasteiger partial charge < -0.3 is 10.1 Å². The summed E-state index contributed by atoms with van der Waals surface area (Å²) in [6, 6.07) is 17.5. The molecule has 2 nitrogen and oxygen atoms in total. The second-order valence-electron chi connectivity index (χ2n) is 6.26. The molecule has 0 bridgehead atoms. The summed E-state index contributed by atoms with van der Waals surface area (Å²) in [4.78, 5) is 0. The molecular weight excluding hydrogens is 282 g/mol. The molecule has 1 aliphatic rings. The Morgan fingerprint density at radius 3 is 2.61 bits per heavy atom. The molecule has 0 saturated heterocycles. The lowest BCUT2D eigenvalue weighted by Crippen LogP contribution is -2.13. The number of hydrogen-bond donors (Lipinski definition) is 1. The highest BCUT2D eigenvalue weighted by atomic mass is 16.5. The summed E-state index contributed by atoms with van der Waals surface area (Å²) in [5, 5.41) is 6.14. The standard InChI is InChI=1S/C21H21NO/c1-14-5-7-15(8-6-14)19-12-16-9-10-17(23-2)13-20(16)21-18(19)4-3-11-22-21/h5-10,12-13,22H,3-4,11H2,1-2H3. The Balaban J connectivity index is 1.99. The van der Waals surface area contributed by atoms with Crippen molar-refractivity contribution < 1.29 is 4.74 Å². The molecular formula is C21H21NO. The monoisotopic (exact) mass is 303 g/mol. The maximum atomic E-state index is 5.41. The zero-order valence-corrected chi connectivity index (χ0v) is 13.6. The largest absolute Gasteiger partial charge is 0.497 e. The van der Waals surface area contributed by atoms with Crippen LogP contribution in [0.1, 0.15) is 17.5 Å². The molecule has 1 aliphatic heterocycles. The summed E-state index contributed by atoms with van der Waals surface area (Å²) in [5.74, 6) is 0.912. The van der Waals surface area contributed by atoms with Crippen molar-refractivity contribution in [2.24, 2.45) is 0 Å². The number of ether oxygens (including phenoxy) is 1. The lowest BCUT2D eigenvalue weighted by Gasteiger charge is -2.24. The molecule has 2 heteroatoms. The summed E-state index contributed by atoms with van der Waals surface area (Å²) >= 11 is 0. The van der Waals surface area contributed by atoms with Crippen LogP contribution in [0.2, 0.25) is 0 Å². The van der Waals surface area contributed by atoms with E-state index in [0.717, 1.165) is 18.7 Å². The summed E-state index contributed by atoms with van der Waals surface area (Å²) < 4.78 is 5.41. The summed E-state index contributed by atoms with van der Waals surface area (Å²) in [6.07, 6.45) is 2.31. The minimum Gasteiger partial charge on any atom is -0.497 e. The van der Waals surface area contributed by atoms with Crippen LogP contribution in [-0.2, 0) is 6.42 Å². The van der Waals surface area contributed by atoms with E-state index in [0.29, 0.717) is 0 Å². The molecule has 0 radical (unpaired) electrons. The van der Waals surface area contributed by atoms with E-state index < -0.39 is 0 Å². The number of fused-ring (bicyclic) bond motifs is 3. The van der Waals surface area contributed by atoms with Gasteiger partial charge in [0.05, 0.1) is 7.11 Å². The highest BCUT2D eigenvalue weighted by molar-refractivity contribution is 6.01. The molecule has 0 fully saturated rings. The maximum Gasteiger partial charge on any atom is 0.119 e. The Labute approximate surface area is 137 Å². The Hall–Kier alpha value is -2.48. The van der Waals surface area contributed by atoms with Crippen molar-refractivity contribution in [3.05, 3.63) is 59.7 Å². The van der Waals surface area contributed by atoms with Gasteiger partial charge in [-0.1, -0.05) is 35.9 Å². The highest BCUT2D eigenvalue weighted by Crippen LogP contribution is 2.40. The third-order valence-electron chi connectivity index (χ3n) is 4.72. The molecule has 0 saturated carbocycles.